The van der Waals surface area contributed by atoms with Crippen molar-refractivity contribution in [3.05, 3.63) is 65.9 Å². The van der Waals surface area contributed by atoms with Gasteiger partial charge in [-0.05, 0) is 36.4 Å². The van der Waals surface area contributed by atoms with Crippen LogP contribution in [-0.2, 0) is 6.18 Å². The maximum Gasteiger partial charge on any atom is 0.435 e. The van der Waals surface area contributed by atoms with Crippen LogP contribution >= 0.6 is 0 Å². The van der Waals surface area contributed by atoms with Gasteiger partial charge in [0.05, 0.1) is 28.2 Å². The van der Waals surface area contributed by atoms with Crippen LogP contribution in [0.4, 0.5) is 13.2 Å². The molecule has 0 saturated carbocycles. The predicted octanol–water partition coefficient (Wildman–Crippen LogP) is 4.46. The molecule has 2 aromatic heterocycles. The van der Waals surface area contributed by atoms with Crippen molar-refractivity contribution in [2.75, 3.05) is 0 Å². The van der Waals surface area contributed by atoms with Crippen LogP contribution in [0.3, 0.4) is 0 Å². The highest BCUT2D eigenvalue weighted by Gasteiger charge is 2.37. The van der Waals surface area contributed by atoms with Crippen molar-refractivity contribution in [1.29, 1.82) is 5.26 Å². The third kappa shape index (κ3) is 2.48. The summed E-state index contributed by atoms with van der Waals surface area (Å²) in [6.07, 6.45) is -4.61. The van der Waals surface area contributed by atoms with E-state index < -0.39 is 11.9 Å². The molecular weight excluding hydrogens is 329 g/mol. The second kappa shape index (κ2) is 5.31. The number of para-hydroxylation sites is 1. The van der Waals surface area contributed by atoms with Crippen molar-refractivity contribution in [2.24, 2.45) is 0 Å². The maximum atomic E-state index is 13.4. The molecule has 2 aromatic carbocycles. The van der Waals surface area contributed by atoms with E-state index in [0.717, 1.165) is 0 Å². The van der Waals surface area contributed by atoms with Crippen LogP contribution in [0, 0.1) is 11.3 Å². The Balaban J connectivity index is 2.11. The molecule has 0 radical (unpaired) electrons. The molecule has 25 heavy (non-hydrogen) atoms. The Bertz CT molecular complexity index is 1140. The number of nitriles is 1. The van der Waals surface area contributed by atoms with Gasteiger partial charge in [-0.25, -0.2) is 9.67 Å². The van der Waals surface area contributed by atoms with Gasteiger partial charge in [-0.1, -0.05) is 18.2 Å². The van der Waals surface area contributed by atoms with Crippen LogP contribution < -0.4 is 0 Å². The van der Waals surface area contributed by atoms with E-state index in [9.17, 15) is 13.2 Å². The van der Waals surface area contributed by atoms with Crippen LogP contribution in [0.1, 0.15) is 11.3 Å². The third-order valence-electron chi connectivity index (χ3n) is 3.85. The van der Waals surface area contributed by atoms with Crippen molar-refractivity contribution in [2.45, 2.75) is 6.18 Å². The Morgan fingerprint density at radius 1 is 1.00 bits per heavy atom. The number of aromatic nitrogens is 3. The molecule has 0 spiro atoms. The normalized spacial score (nSPS) is 11.8. The molecule has 7 heteroatoms. The maximum absolute atomic E-state index is 13.4. The molecule has 0 aliphatic carbocycles. The first-order valence-corrected chi connectivity index (χ1v) is 7.33. The van der Waals surface area contributed by atoms with Gasteiger partial charge in [-0.3, -0.25) is 0 Å². The van der Waals surface area contributed by atoms with Gasteiger partial charge in [-0.2, -0.15) is 23.5 Å². The van der Waals surface area contributed by atoms with Gasteiger partial charge in [0.1, 0.15) is 0 Å². The van der Waals surface area contributed by atoms with Crippen molar-refractivity contribution in [3.63, 3.8) is 0 Å². The number of halogens is 3. The second-order valence-electron chi connectivity index (χ2n) is 5.47. The standard InChI is InChI=1S/C18H9F3N4/c19-18(20,21)16-14-9-12-8-11(10-22)6-7-15(12)23-17(14)25(24-16)13-4-2-1-3-5-13/h1-9H. The molecule has 4 nitrogen and oxygen atoms in total. The number of alkyl halides is 3. The molecular formula is C18H9F3N4. The fourth-order valence-electron chi connectivity index (χ4n) is 2.73. The molecule has 0 aliphatic rings. The Morgan fingerprint density at radius 2 is 1.76 bits per heavy atom. The highest BCUT2D eigenvalue weighted by atomic mass is 19.4. The lowest BCUT2D eigenvalue weighted by atomic mass is 10.1. The van der Waals surface area contributed by atoms with Crippen LogP contribution in [0.15, 0.2) is 54.6 Å². The summed E-state index contributed by atoms with van der Waals surface area (Å²) in [4.78, 5) is 4.35. The number of hydrogen-bond acceptors (Lipinski definition) is 3. The minimum atomic E-state index is -4.61. The van der Waals surface area contributed by atoms with Gasteiger partial charge in [0.2, 0.25) is 0 Å². The van der Waals surface area contributed by atoms with Crippen molar-refractivity contribution < 1.29 is 13.2 Å². The van der Waals surface area contributed by atoms with Crippen molar-refractivity contribution >= 4 is 21.9 Å². The van der Waals surface area contributed by atoms with E-state index in [-0.39, 0.29) is 11.0 Å². The van der Waals surface area contributed by atoms with E-state index in [1.165, 1.54) is 16.8 Å². The number of fused-ring (bicyclic) bond motifs is 2. The highest BCUT2D eigenvalue weighted by Crippen LogP contribution is 2.35. The van der Waals surface area contributed by atoms with Crippen LogP contribution in [-0.4, -0.2) is 14.8 Å². The fourth-order valence-corrected chi connectivity index (χ4v) is 2.73. The average molecular weight is 338 g/mol. The molecule has 0 unspecified atom stereocenters. The molecule has 0 fully saturated rings. The Labute approximate surface area is 139 Å². The molecule has 0 saturated heterocycles. The zero-order valence-electron chi connectivity index (χ0n) is 12.6. The molecule has 0 atom stereocenters. The van der Waals surface area contributed by atoms with E-state index in [4.69, 9.17) is 5.26 Å². The first-order valence-electron chi connectivity index (χ1n) is 7.33. The van der Waals surface area contributed by atoms with Gasteiger partial charge < -0.3 is 0 Å². The second-order valence-corrected chi connectivity index (χ2v) is 5.47. The quantitative estimate of drug-likeness (QED) is 0.515. The van der Waals surface area contributed by atoms with E-state index >= 15 is 0 Å². The SMILES string of the molecule is N#Cc1ccc2nc3c(cc2c1)c(C(F)(F)F)nn3-c1ccccc1. The molecule has 122 valence electrons. The fraction of sp³-hybridized carbons (Fsp3) is 0.0556. The minimum absolute atomic E-state index is 0.0982. The molecule has 4 rings (SSSR count). The molecule has 0 N–H and O–H groups in total. The van der Waals surface area contributed by atoms with Crippen LogP contribution in [0.2, 0.25) is 0 Å². The summed E-state index contributed by atoms with van der Waals surface area (Å²) in [5, 5.41) is 13.1. The topological polar surface area (TPSA) is 54.5 Å². The lowest BCUT2D eigenvalue weighted by Gasteiger charge is -2.03. The summed E-state index contributed by atoms with van der Waals surface area (Å²) in [6.45, 7) is 0. The van der Waals surface area contributed by atoms with Crippen molar-refractivity contribution in [1.82, 2.24) is 14.8 Å². The summed E-state index contributed by atoms with van der Waals surface area (Å²) >= 11 is 0. The summed E-state index contributed by atoms with van der Waals surface area (Å²) < 4.78 is 41.5. The largest absolute Gasteiger partial charge is 0.435 e. The predicted molar refractivity (Wildman–Crippen MR) is 86.1 cm³/mol. The lowest BCUT2D eigenvalue weighted by molar-refractivity contribution is -0.140. The molecule has 0 bridgehead atoms. The van der Waals surface area contributed by atoms with Gasteiger partial charge in [0, 0.05) is 5.39 Å². The van der Waals surface area contributed by atoms with E-state index in [1.807, 2.05) is 6.07 Å². The van der Waals surface area contributed by atoms with E-state index in [2.05, 4.69) is 10.1 Å². The zero-order valence-corrected chi connectivity index (χ0v) is 12.6. The molecule has 4 aromatic rings. The minimum Gasteiger partial charge on any atom is -0.228 e. The van der Waals surface area contributed by atoms with Crippen LogP contribution in [0.5, 0.6) is 0 Å². The zero-order chi connectivity index (χ0) is 17.6. The monoisotopic (exact) mass is 338 g/mol. The molecule has 2 heterocycles. The lowest BCUT2D eigenvalue weighted by Crippen LogP contribution is -2.07. The number of benzene rings is 2. The summed E-state index contributed by atoms with van der Waals surface area (Å²) in [7, 11) is 0. The smallest absolute Gasteiger partial charge is 0.228 e. The van der Waals surface area contributed by atoms with Crippen molar-refractivity contribution in [3.8, 4) is 11.8 Å². The Hall–Kier alpha value is -3.40. The third-order valence-corrected chi connectivity index (χ3v) is 3.85. The Morgan fingerprint density at radius 3 is 2.44 bits per heavy atom. The molecule has 0 amide bonds. The average Bonchev–Trinajstić information content (AvgIpc) is 2.98. The van der Waals surface area contributed by atoms with Gasteiger partial charge in [-0.15, -0.1) is 0 Å². The summed E-state index contributed by atoms with van der Waals surface area (Å²) in [5.41, 5.74) is 0.470. The van der Waals surface area contributed by atoms with Gasteiger partial charge >= 0.3 is 6.18 Å². The van der Waals surface area contributed by atoms with E-state index in [0.29, 0.717) is 22.2 Å². The number of nitrogens with zero attached hydrogens (tertiary/aromatic N) is 4. The van der Waals surface area contributed by atoms with E-state index in [1.54, 1.807) is 42.5 Å². The number of rotatable bonds is 1. The highest BCUT2D eigenvalue weighted by molar-refractivity contribution is 5.94. The summed E-state index contributed by atoms with van der Waals surface area (Å²) in [6, 6.07) is 16.6. The first kappa shape index (κ1) is 15.1. The first-order chi connectivity index (χ1) is 12.0. The van der Waals surface area contributed by atoms with Gasteiger partial charge in [0.25, 0.3) is 0 Å². The molecule has 0 aliphatic heterocycles. The van der Waals surface area contributed by atoms with Crippen LogP contribution in [0.25, 0.3) is 27.6 Å². The number of pyridine rings is 1. The summed E-state index contributed by atoms with van der Waals surface area (Å²) in [5.74, 6) is 0. The number of hydrogen-bond donors (Lipinski definition) is 0. The van der Waals surface area contributed by atoms with Gasteiger partial charge in [0.15, 0.2) is 11.3 Å². The Kier molecular flexibility index (Phi) is 3.22.